The molecule has 0 bridgehead atoms. The number of carbonyl (C=O) groups is 2. The van der Waals surface area contributed by atoms with Crippen molar-refractivity contribution in [1.29, 1.82) is 0 Å². The van der Waals surface area contributed by atoms with Gasteiger partial charge in [-0.1, -0.05) is 15.9 Å². The number of hydrogen-bond donors (Lipinski definition) is 1. The highest BCUT2D eigenvalue weighted by Gasteiger charge is 2.22. The first-order chi connectivity index (χ1) is 9.47. The lowest BCUT2D eigenvalue weighted by Crippen LogP contribution is -2.51. The number of piperazine rings is 1. The van der Waals surface area contributed by atoms with Crippen molar-refractivity contribution in [2.45, 2.75) is 6.92 Å². The van der Waals surface area contributed by atoms with Gasteiger partial charge in [-0.3, -0.25) is 4.79 Å². The van der Waals surface area contributed by atoms with Crippen molar-refractivity contribution in [3.05, 3.63) is 28.5 Å². The molecular formula is C13H15BrFN3O2. The van der Waals surface area contributed by atoms with Crippen LogP contribution in [0.15, 0.2) is 22.7 Å². The van der Waals surface area contributed by atoms with Crippen LogP contribution in [0.3, 0.4) is 0 Å². The van der Waals surface area contributed by atoms with Crippen LogP contribution in [-0.4, -0.2) is 47.9 Å². The zero-order chi connectivity index (χ0) is 14.7. The van der Waals surface area contributed by atoms with E-state index in [4.69, 9.17) is 0 Å². The number of rotatable bonds is 1. The molecule has 1 aromatic rings. The maximum atomic E-state index is 13.6. The smallest absolute Gasteiger partial charge is 0.322 e. The Morgan fingerprint density at radius 1 is 1.20 bits per heavy atom. The summed E-state index contributed by atoms with van der Waals surface area (Å²) in [5, 5.41) is 2.54. The SMILES string of the molecule is CC(=O)N1CCN(C(=O)Nc2ccc(Br)cc2F)CC1. The fraction of sp³-hybridized carbons (Fsp3) is 0.385. The van der Waals surface area contributed by atoms with Crippen molar-refractivity contribution in [1.82, 2.24) is 9.80 Å². The summed E-state index contributed by atoms with van der Waals surface area (Å²) in [6.45, 7) is 3.41. The second-order valence-corrected chi connectivity index (χ2v) is 5.46. The maximum absolute atomic E-state index is 13.6. The van der Waals surface area contributed by atoms with E-state index in [0.717, 1.165) is 0 Å². The van der Waals surface area contributed by atoms with E-state index in [1.807, 2.05) is 0 Å². The van der Waals surface area contributed by atoms with Gasteiger partial charge >= 0.3 is 6.03 Å². The highest BCUT2D eigenvalue weighted by atomic mass is 79.9. The molecule has 0 saturated carbocycles. The van der Waals surface area contributed by atoms with Gasteiger partial charge in [-0.25, -0.2) is 9.18 Å². The second kappa shape index (κ2) is 6.21. The maximum Gasteiger partial charge on any atom is 0.322 e. The Morgan fingerprint density at radius 2 is 1.80 bits per heavy atom. The van der Waals surface area contributed by atoms with E-state index in [9.17, 15) is 14.0 Å². The molecule has 0 spiro atoms. The van der Waals surface area contributed by atoms with Gasteiger partial charge < -0.3 is 15.1 Å². The summed E-state index contributed by atoms with van der Waals surface area (Å²) in [6, 6.07) is 4.10. The first kappa shape index (κ1) is 14.8. The van der Waals surface area contributed by atoms with Gasteiger partial charge in [-0.2, -0.15) is 0 Å². The number of amides is 3. The molecule has 1 N–H and O–H groups in total. The van der Waals surface area contributed by atoms with Crippen LogP contribution in [0, 0.1) is 5.82 Å². The van der Waals surface area contributed by atoms with Crippen molar-refractivity contribution >= 4 is 33.6 Å². The van der Waals surface area contributed by atoms with Crippen LogP contribution in [0.1, 0.15) is 6.92 Å². The molecule has 0 unspecified atom stereocenters. The number of carbonyl (C=O) groups excluding carboxylic acids is 2. The predicted molar refractivity (Wildman–Crippen MR) is 76.9 cm³/mol. The third kappa shape index (κ3) is 3.47. The van der Waals surface area contributed by atoms with Crippen molar-refractivity contribution in [2.75, 3.05) is 31.5 Å². The molecule has 7 heteroatoms. The van der Waals surface area contributed by atoms with Gasteiger partial charge in [-0.05, 0) is 18.2 Å². The molecule has 1 fully saturated rings. The topological polar surface area (TPSA) is 52.7 Å². The van der Waals surface area contributed by atoms with Gasteiger partial charge in [0.25, 0.3) is 0 Å². The number of halogens is 2. The van der Waals surface area contributed by atoms with E-state index in [1.165, 1.54) is 19.1 Å². The van der Waals surface area contributed by atoms with Crippen LogP contribution in [0.25, 0.3) is 0 Å². The summed E-state index contributed by atoms with van der Waals surface area (Å²) < 4.78 is 14.2. The standard InChI is InChI=1S/C13H15BrFN3O2/c1-9(19)17-4-6-18(7-5-17)13(20)16-12-3-2-10(14)8-11(12)15/h2-3,8H,4-7H2,1H3,(H,16,20). The molecule has 1 saturated heterocycles. The van der Waals surface area contributed by atoms with Gasteiger partial charge in [0.2, 0.25) is 5.91 Å². The second-order valence-electron chi connectivity index (χ2n) is 4.55. The Morgan fingerprint density at radius 3 is 2.35 bits per heavy atom. The van der Waals surface area contributed by atoms with Crippen molar-refractivity contribution < 1.29 is 14.0 Å². The Bertz CT molecular complexity index is 530. The zero-order valence-corrected chi connectivity index (χ0v) is 12.6. The fourth-order valence-electron chi connectivity index (χ4n) is 2.01. The van der Waals surface area contributed by atoms with E-state index in [1.54, 1.807) is 15.9 Å². The average Bonchev–Trinajstić information content (AvgIpc) is 2.42. The van der Waals surface area contributed by atoms with Crippen LogP contribution in [-0.2, 0) is 4.79 Å². The molecule has 3 amide bonds. The number of anilines is 1. The van der Waals surface area contributed by atoms with Gasteiger partial charge in [0.05, 0.1) is 5.69 Å². The summed E-state index contributed by atoms with van der Waals surface area (Å²) >= 11 is 3.16. The zero-order valence-electron chi connectivity index (χ0n) is 11.0. The Balaban J connectivity index is 1.94. The first-order valence-corrected chi connectivity index (χ1v) is 7.03. The van der Waals surface area contributed by atoms with Gasteiger partial charge in [0, 0.05) is 37.6 Å². The summed E-state index contributed by atoms with van der Waals surface area (Å²) in [5.41, 5.74) is 0.146. The highest BCUT2D eigenvalue weighted by molar-refractivity contribution is 9.10. The predicted octanol–water partition coefficient (Wildman–Crippen LogP) is 2.28. The molecule has 108 valence electrons. The Labute approximate surface area is 124 Å². The molecule has 1 heterocycles. The third-order valence-corrected chi connectivity index (χ3v) is 3.68. The first-order valence-electron chi connectivity index (χ1n) is 6.24. The minimum Gasteiger partial charge on any atom is -0.339 e. The molecule has 5 nitrogen and oxygen atoms in total. The average molecular weight is 344 g/mol. The molecule has 0 aromatic heterocycles. The van der Waals surface area contributed by atoms with E-state index >= 15 is 0 Å². The minimum absolute atomic E-state index is 0.00371. The largest absolute Gasteiger partial charge is 0.339 e. The Hall–Kier alpha value is -1.63. The lowest BCUT2D eigenvalue weighted by Gasteiger charge is -2.34. The van der Waals surface area contributed by atoms with Crippen LogP contribution in [0.4, 0.5) is 14.9 Å². The van der Waals surface area contributed by atoms with Crippen LogP contribution < -0.4 is 5.32 Å². The van der Waals surface area contributed by atoms with Crippen LogP contribution in [0.2, 0.25) is 0 Å². The Kier molecular flexibility index (Phi) is 4.59. The molecule has 1 aliphatic heterocycles. The molecule has 20 heavy (non-hydrogen) atoms. The highest BCUT2D eigenvalue weighted by Crippen LogP contribution is 2.19. The van der Waals surface area contributed by atoms with Crippen molar-refractivity contribution in [3.63, 3.8) is 0 Å². The van der Waals surface area contributed by atoms with Crippen LogP contribution >= 0.6 is 15.9 Å². The van der Waals surface area contributed by atoms with Crippen molar-refractivity contribution in [3.8, 4) is 0 Å². The lowest BCUT2D eigenvalue weighted by molar-refractivity contribution is -0.130. The van der Waals surface area contributed by atoms with Gasteiger partial charge in [0.1, 0.15) is 5.82 Å². The fourth-order valence-corrected chi connectivity index (χ4v) is 2.34. The van der Waals surface area contributed by atoms with E-state index < -0.39 is 5.82 Å². The number of nitrogens with zero attached hydrogens (tertiary/aromatic N) is 2. The summed E-state index contributed by atoms with van der Waals surface area (Å²) in [4.78, 5) is 26.5. The molecule has 0 atom stereocenters. The number of hydrogen-bond acceptors (Lipinski definition) is 2. The normalized spacial score (nSPS) is 15.2. The summed E-state index contributed by atoms with van der Waals surface area (Å²) in [7, 11) is 0. The van der Waals surface area contributed by atoms with E-state index in [0.29, 0.717) is 30.7 Å². The van der Waals surface area contributed by atoms with Crippen molar-refractivity contribution in [2.24, 2.45) is 0 Å². The lowest BCUT2D eigenvalue weighted by atomic mass is 10.3. The quantitative estimate of drug-likeness (QED) is 0.850. The molecule has 1 aliphatic rings. The summed E-state index contributed by atoms with van der Waals surface area (Å²) in [5.74, 6) is -0.487. The van der Waals surface area contributed by atoms with E-state index in [-0.39, 0.29) is 17.6 Å². The van der Waals surface area contributed by atoms with Crippen LogP contribution in [0.5, 0.6) is 0 Å². The number of benzene rings is 1. The molecule has 1 aromatic carbocycles. The van der Waals surface area contributed by atoms with Gasteiger partial charge in [-0.15, -0.1) is 0 Å². The molecule has 0 aliphatic carbocycles. The third-order valence-electron chi connectivity index (χ3n) is 3.18. The van der Waals surface area contributed by atoms with E-state index in [2.05, 4.69) is 21.2 Å². The molecular weight excluding hydrogens is 329 g/mol. The molecule has 2 rings (SSSR count). The minimum atomic E-state index is -0.491. The monoisotopic (exact) mass is 343 g/mol. The number of nitrogens with one attached hydrogen (secondary N) is 1. The summed E-state index contributed by atoms with van der Waals surface area (Å²) in [6.07, 6.45) is 0. The number of urea groups is 1. The molecule has 0 radical (unpaired) electrons. The van der Waals surface area contributed by atoms with Gasteiger partial charge in [0.15, 0.2) is 0 Å².